The third-order valence-electron chi connectivity index (χ3n) is 7.21. The van der Waals surface area contributed by atoms with E-state index in [1.54, 1.807) is 0 Å². The highest BCUT2D eigenvalue weighted by atomic mass is 28.3. The molecular weight excluding hydrogens is 416 g/mol. The molecule has 0 spiro atoms. The minimum Gasteiger partial charge on any atom is -0.456 e. The van der Waals surface area contributed by atoms with Gasteiger partial charge in [0.05, 0.1) is 0 Å². The summed E-state index contributed by atoms with van der Waals surface area (Å²) in [5.74, 6) is 0. The molecule has 0 aliphatic carbocycles. The van der Waals surface area contributed by atoms with Crippen molar-refractivity contribution >= 4 is 50.8 Å². The van der Waals surface area contributed by atoms with Crippen LogP contribution in [0.5, 0.6) is 0 Å². The highest BCUT2D eigenvalue weighted by Gasteiger charge is 2.48. The molecule has 0 fully saturated rings. The molecule has 6 aromatic rings. The van der Waals surface area contributed by atoms with E-state index in [9.17, 15) is 0 Å². The first-order valence-corrected chi connectivity index (χ1v) is 13.4. The van der Waals surface area contributed by atoms with Gasteiger partial charge in [-0.2, -0.15) is 0 Å². The molecule has 2 heteroatoms. The number of hydrogen-bond donors (Lipinski definition) is 0. The van der Waals surface area contributed by atoms with Crippen LogP contribution in [0.4, 0.5) is 0 Å². The van der Waals surface area contributed by atoms with Crippen LogP contribution in [0.3, 0.4) is 0 Å². The van der Waals surface area contributed by atoms with Gasteiger partial charge in [-0.05, 0) is 62.6 Å². The molecule has 0 atom stereocenters. The molecule has 2 heterocycles. The lowest BCUT2D eigenvalue weighted by Crippen LogP contribution is -2.72. The minimum atomic E-state index is -2.46. The predicted octanol–water partition coefficient (Wildman–Crippen LogP) is 5.25. The number of aryl methyl sites for hydroxylation is 1. The first-order chi connectivity index (χ1) is 16.3. The molecule has 0 unspecified atom stereocenters. The van der Waals surface area contributed by atoms with Gasteiger partial charge in [-0.15, -0.1) is 0 Å². The Hall–Kier alpha value is -3.88. The molecule has 5 aromatic carbocycles. The molecule has 0 saturated carbocycles. The predicted molar refractivity (Wildman–Crippen MR) is 141 cm³/mol. The van der Waals surface area contributed by atoms with Crippen LogP contribution < -0.4 is 20.7 Å². The van der Waals surface area contributed by atoms with Crippen LogP contribution in [0, 0.1) is 6.92 Å². The topological polar surface area (TPSA) is 13.1 Å². The number of fused-ring (bicyclic) bond motifs is 6. The maximum atomic E-state index is 6.37. The Morgan fingerprint density at radius 2 is 1.15 bits per heavy atom. The second-order valence-corrected chi connectivity index (χ2v) is 12.8. The van der Waals surface area contributed by atoms with Gasteiger partial charge in [-0.25, -0.2) is 0 Å². The number of benzene rings is 5. The molecule has 0 N–H and O–H groups in total. The van der Waals surface area contributed by atoms with Crippen molar-refractivity contribution in [1.82, 2.24) is 0 Å². The molecule has 7 rings (SSSR count). The summed E-state index contributed by atoms with van der Waals surface area (Å²) in [6.07, 6.45) is 0. The fourth-order valence-electron chi connectivity index (χ4n) is 5.82. The third kappa shape index (κ3) is 2.47. The van der Waals surface area contributed by atoms with E-state index in [2.05, 4.69) is 122 Å². The third-order valence-corrected chi connectivity index (χ3v) is 12.1. The fraction of sp³-hybridized carbons (Fsp3) is 0.0323. The largest absolute Gasteiger partial charge is 0.456 e. The average Bonchev–Trinajstić information content (AvgIpc) is 3.36. The van der Waals surface area contributed by atoms with Gasteiger partial charge in [0.25, 0.3) is 0 Å². The van der Waals surface area contributed by atoms with Crippen LogP contribution in [-0.4, -0.2) is 8.07 Å². The van der Waals surface area contributed by atoms with Crippen molar-refractivity contribution in [3.8, 4) is 11.1 Å². The van der Waals surface area contributed by atoms with Crippen LogP contribution in [0.2, 0.25) is 0 Å². The molecule has 1 aliphatic heterocycles. The lowest BCUT2D eigenvalue weighted by atomic mass is 10.0. The zero-order valence-corrected chi connectivity index (χ0v) is 19.4. The Morgan fingerprint density at radius 1 is 0.515 bits per heavy atom. The van der Waals surface area contributed by atoms with Gasteiger partial charge in [0, 0.05) is 10.8 Å². The van der Waals surface area contributed by atoms with Gasteiger partial charge >= 0.3 is 0 Å². The van der Waals surface area contributed by atoms with Gasteiger partial charge in [0.1, 0.15) is 11.2 Å². The van der Waals surface area contributed by atoms with E-state index in [0.29, 0.717) is 0 Å². The molecule has 1 aromatic heterocycles. The van der Waals surface area contributed by atoms with Crippen LogP contribution in [0.25, 0.3) is 33.1 Å². The summed E-state index contributed by atoms with van der Waals surface area (Å²) >= 11 is 0. The van der Waals surface area contributed by atoms with Crippen molar-refractivity contribution in [2.24, 2.45) is 0 Å². The molecule has 0 saturated heterocycles. The Labute approximate surface area is 194 Å². The zero-order chi connectivity index (χ0) is 22.0. The minimum absolute atomic E-state index is 0.966. The second kappa shape index (κ2) is 6.81. The van der Waals surface area contributed by atoms with Crippen molar-refractivity contribution in [2.45, 2.75) is 6.92 Å². The van der Waals surface area contributed by atoms with Gasteiger partial charge in [0.15, 0.2) is 8.07 Å². The van der Waals surface area contributed by atoms with Crippen molar-refractivity contribution in [3.05, 3.63) is 121 Å². The van der Waals surface area contributed by atoms with E-state index in [0.717, 1.165) is 11.2 Å². The van der Waals surface area contributed by atoms with E-state index in [1.807, 2.05) is 0 Å². The van der Waals surface area contributed by atoms with Crippen LogP contribution in [-0.2, 0) is 0 Å². The summed E-state index contributed by atoms with van der Waals surface area (Å²) in [5.41, 5.74) is 5.80. The normalized spacial score (nSPS) is 13.8. The smallest absolute Gasteiger partial charge is 0.180 e. The Bertz CT molecular complexity index is 1620. The van der Waals surface area contributed by atoms with Crippen molar-refractivity contribution in [3.63, 3.8) is 0 Å². The Balaban J connectivity index is 1.68. The molecule has 33 heavy (non-hydrogen) atoms. The van der Waals surface area contributed by atoms with Crippen molar-refractivity contribution in [1.29, 1.82) is 0 Å². The maximum absolute atomic E-state index is 6.37. The molecule has 156 valence electrons. The van der Waals surface area contributed by atoms with Gasteiger partial charge in [-0.1, -0.05) is 97.1 Å². The summed E-state index contributed by atoms with van der Waals surface area (Å²) in [6.45, 7) is 2.12. The van der Waals surface area contributed by atoms with Crippen LogP contribution in [0.15, 0.2) is 120 Å². The van der Waals surface area contributed by atoms with Crippen LogP contribution >= 0.6 is 0 Å². The first kappa shape index (κ1) is 18.7. The van der Waals surface area contributed by atoms with E-state index < -0.39 is 8.07 Å². The van der Waals surface area contributed by atoms with E-state index >= 15 is 0 Å². The van der Waals surface area contributed by atoms with E-state index in [4.69, 9.17) is 4.42 Å². The van der Waals surface area contributed by atoms with Gasteiger partial charge in [-0.3, -0.25) is 0 Å². The number of hydrogen-bond acceptors (Lipinski definition) is 1. The molecular formula is C31H22OSi. The summed E-state index contributed by atoms with van der Waals surface area (Å²) in [4.78, 5) is 0. The Kier molecular flexibility index (Phi) is 3.85. The molecule has 0 radical (unpaired) electrons. The van der Waals surface area contributed by atoms with Crippen LogP contribution in [0.1, 0.15) is 5.56 Å². The summed E-state index contributed by atoms with van der Waals surface area (Å²) in [7, 11) is -2.46. The number of furan rings is 1. The quantitative estimate of drug-likeness (QED) is 0.336. The highest BCUT2D eigenvalue weighted by molar-refractivity contribution is 7.22. The first-order valence-electron chi connectivity index (χ1n) is 11.4. The molecule has 1 nitrogen and oxygen atoms in total. The maximum Gasteiger partial charge on any atom is 0.180 e. The number of rotatable bonds is 2. The highest BCUT2D eigenvalue weighted by Crippen LogP contribution is 2.35. The van der Waals surface area contributed by atoms with Crippen molar-refractivity contribution in [2.75, 3.05) is 0 Å². The van der Waals surface area contributed by atoms with Gasteiger partial charge < -0.3 is 4.42 Å². The zero-order valence-electron chi connectivity index (χ0n) is 18.4. The second-order valence-electron chi connectivity index (χ2n) is 9.02. The molecule has 0 amide bonds. The van der Waals surface area contributed by atoms with E-state index in [-0.39, 0.29) is 0 Å². The monoisotopic (exact) mass is 438 g/mol. The summed E-state index contributed by atoms with van der Waals surface area (Å²) in [5, 5.41) is 8.16. The van der Waals surface area contributed by atoms with Crippen molar-refractivity contribution < 1.29 is 4.42 Å². The molecule has 1 aliphatic rings. The summed E-state index contributed by atoms with van der Waals surface area (Å²) in [6, 6.07) is 42.5. The SMILES string of the molecule is Cc1ccc2c(c1)oc1cc3c(cc12)[Si](c1ccccc1)(c1ccccc1)c1ccccc1-3. The van der Waals surface area contributed by atoms with E-state index in [1.165, 1.54) is 48.2 Å². The average molecular weight is 439 g/mol. The summed E-state index contributed by atoms with van der Waals surface area (Å²) < 4.78 is 6.37. The Morgan fingerprint density at radius 3 is 1.88 bits per heavy atom. The molecule has 0 bridgehead atoms. The lowest BCUT2D eigenvalue weighted by molar-refractivity contribution is 0.669. The fourth-order valence-corrected chi connectivity index (χ4v) is 11.0. The van der Waals surface area contributed by atoms with Gasteiger partial charge in [0.2, 0.25) is 0 Å². The standard InChI is InChI=1S/C31H22OSi/c1-21-16-17-24-26-20-31-27(19-29(26)32-28(24)18-21)25-14-8-9-15-30(25)33(31,22-10-4-2-5-11-22)23-12-6-3-7-13-23/h2-20H,1H3. The lowest BCUT2D eigenvalue weighted by Gasteiger charge is -2.31.